The Balaban J connectivity index is 2.74. The van der Waals surface area contributed by atoms with Gasteiger partial charge in [-0.15, -0.1) is 0 Å². The number of cyclic esters (lactones) is 1. The van der Waals surface area contributed by atoms with E-state index in [0.717, 1.165) is 4.67 Å². The fourth-order valence-electron chi connectivity index (χ4n) is 0.613. The zero-order valence-corrected chi connectivity index (χ0v) is 7.29. The Hall–Kier alpha value is 0.0800. The van der Waals surface area contributed by atoms with Crippen LogP contribution in [-0.2, 0) is 4.74 Å². The molecule has 0 saturated carbocycles. The lowest BCUT2D eigenvalue weighted by molar-refractivity contribution is 0.170. The molecule has 4 nitrogen and oxygen atoms in total. The molecular weight excluding hydrogens is 198 g/mol. The topological polar surface area (TPSA) is 53.4 Å². The van der Waals surface area contributed by atoms with Crippen LogP contribution in [-0.4, -0.2) is 23.9 Å². The molecule has 7 heteroatoms. The van der Waals surface area contributed by atoms with Crippen molar-refractivity contribution in [1.29, 1.82) is 5.16 Å². The van der Waals surface area contributed by atoms with Crippen LogP contribution >= 0.6 is 28.4 Å². The number of amides is 1. The first-order chi connectivity index (χ1) is 4.52. The Kier molecular flexibility index (Phi) is 2.13. The van der Waals surface area contributed by atoms with Gasteiger partial charge in [-0.25, -0.2) is 9.46 Å². The molecule has 1 heterocycles. The molecule has 1 rings (SSSR count). The van der Waals surface area contributed by atoms with Crippen LogP contribution in [0, 0.1) is 5.16 Å². The number of halogens is 2. The molecule has 1 N–H and O–H groups in total. The van der Waals surface area contributed by atoms with E-state index in [0.29, 0.717) is 6.54 Å². The third kappa shape index (κ3) is 1.57. The van der Waals surface area contributed by atoms with E-state index in [4.69, 9.17) is 27.6 Å². The van der Waals surface area contributed by atoms with Gasteiger partial charge in [0.25, 0.3) is 0 Å². The molecule has 1 saturated heterocycles. The van der Waals surface area contributed by atoms with Crippen LogP contribution in [0.25, 0.3) is 0 Å². The number of nitrogens with zero attached hydrogens (tertiary/aromatic N) is 1. The van der Waals surface area contributed by atoms with Crippen LogP contribution in [0.5, 0.6) is 0 Å². The molecule has 0 atom stereocenters. The number of nitrogens with one attached hydrogen (secondary N) is 1. The molecule has 1 aliphatic heterocycles. The Morgan fingerprint density at radius 3 is 2.50 bits per heavy atom. The van der Waals surface area contributed by atoms with Gasteiger partial charge in [-0.2, -0.15) is 0 Å². The van der Waals surface area contributed by atoms with Crippen molar-refractivity contribution >= 4 is 34.5 Å². The summed E-state index contributed by atoms with van der Waals surface area (Å²) in [7, 11) is 0. The Morgan fingerprint density at radius 2 is 2.30 bits per heavy atom. The van der Waals surface area contributed by atoms with Crippen LogP contribution in [0.15, 0.2) is 0 Å². The Morgan fingerprint density at radius 1 is 1.70 bits per heavy atom. The van der Waals surface area contributed by atoms with Gasteiger partial charge in [-0.3, -0.25) is 5.16 Å². The van der Waals surface area contributed by atoms with E-state index in [1.165, 1.54) is 0 Å². The van der Waals surface area contributed by atoms with Crippen molar-refractivity contribution in [2.75, 3.05) is 13.2 Å². The SMILES string of the molecule is N=P(Cl)(Cl)N1CCOC1=O. The smallest absolute Gasteiger partial charge is 0.416 e. The zero-order chi connectivity index (χ0) is 7.78. The second-order valence-electron chi connectivity index (χ2n) is 1.72. The summed E-state index contributed by atoms with van der Waals surface area (Å²) >= 11 is 10.8. The zero-order valence-electron chi connectivity index (χ0n) is 4.88. The van der Waals surface area contributed by atoms with E-state index in [1.807, 2.05) is 0 Å². The monoisotopic (exact) mass is 202 g/mol. The lowest BCUT2D eigenvalue weighted by Gasteiger charge is -2.15. The van der Waals surface area contributed by atoms with Gasteiger partial charge < -0.3 is 4.74 Å². The quantitative estimate of drug-likeness (QED) is 0.665. The Bertz CT molecular complexity index is 203. The maximum absolute atomic E-state index is 10.7. The Labute approximate surface area is 67.5 Å². The lowest BCUT2D eigenvalue weighted by Crippen LogP contribution is -2.15. The number of carbonyl (C=O) groups is 1. The van der Waals surface area contributed by atoms with Crippen LogP contribution < -0.4 is 0 Å². The predicted octanol–water partition coefficient (Wildman–Crippen LogP) is 2.44. The van der Waals surface area contributed by atoms with Crippen LogP contribution in [0.1, 0.15) is 0 Å². The first kappa shape index (κ1) is 8.18. The fourth-order valence-corrected chi connectivity index (χ4v) is 2.03. The first-order valence-electron chi connectivity index (χ1n) is 2.50. The second-order valence-corrected chi connectivity index (χ2v) is 6.63. The summed E-state index contributed by atoms with van der Waals surface area (Å²) < 4.78 is 5.56. The average molecular weight is 203 g/mol. The number of hydrogen-bond donors (Lipinski definition) is 1. The molecule has 0 unspecified atom stereocenters. The summed E-state index contributed by atoms with van der Waals surface area (Å²) in [5.74, 6) is -2.97. The molecular formula is C3H5Cl2N2O2P. The highest BCUT2D eigenvalue weighted by Gasteiger charge is 2.32. The van der Waals surface area contributed by atoms with Gasteiger partial charge in [0.05, 0.1) is 6.54 Å². The number of carbonyl (C=O) groups excluding carboxylic acids is 1. The molecule has 0 radical (unpaired) electrons. The van der Waals surface area contributed by atoms with Crippen molar-refractivity contribution in [3.8, 4) is 0 Å². The molecule has 0 aromatic rings. The molecule has 58 valence electrons. The largest absolute Gasteiger partial charge is 0.447 e. The van der Waals surface area contributed by atoms with E-state index in [2.05, 4.69) is 4.74 Å². The van der Waals surface area contributed by atoms with Crippen LogP contribution in [0.3, 0.4) is 0 Å². The van der Waals surface area contributed by atoms with Crippen LogP contribution in [0.2, 0.25) is 0 Å². The molecule has 0 aromatic heterocycles. The van der Waals surface area contributed by atoms with Crippen molar-refractivity contribution in [3.05, 3.63) is 0 Å². The van der Waals surface area contributed by atoms with Crippen molar-refractivity contribution in [1.82, 2.24) is 4.67 Å². The maximum atomic E-state index is 10.7. The van der Waals surface area contributed by atoms with Crippen molar-refractivity contribution in [2.45, 2.75) is 0 Å². The van der Waals surface area contributed by atoms with E-state index in [9.17, 15) is 4.79 Å². The minimum atomic E-state index is -2.97. The third-order valence-electron chi connectivity index (χ3n) is 1.04. The van der Waals surface area contributed by atoms with E-state index >= 15 is 0 Å². The minimum absolute atomic E-state index is 0.277. The number of rotatable bonds is 1. The summed E-state index contributed by atoms with van der Waals surface area (Å²) in [6.07, 6.45) is -0.590. The summed E-state index contributed by atoms with van der Waals surface area (Å²) in [5, 5.41) is 7.13. The number of ether oxygens (including phenoxy) is 1. The highest BCUT2D eigenvalue weighted by molar-refractivity contribution is 8.08. The standard InChI is InChI=1S/C3H5Cl2N2O2P/c4-10(5,6)7-1-2-9-3(7)8/h6H,1-2H2. The maximum Gasteiger partial charge on any atom is 0.416 e. The third-order valence-corrected chi connectivity index (χ3v) is 3.11. The fraction of sp³-hybridized carbons (Fsp3) is 0.667. The predicted molar refractivity (Wildman–Crippen MR) is 39.4 cm³/mol. The average Bonchev–Trinajstić information content (AvgIpc) is 2.11. The van der Waals surface area contributed by atoms with Gasteiger partial charge in [0, 0.05) is 0 Å². The van der Waals surface area contributed by atoms with Gasteiger partial charge in [0.1, 0.15) is 6.61 Å². The van der Waals surface area contributed by atoms with Crippen molar-refractivity contribution in [2.24, 2.45) is 0 Å². The molecule has 0 bridgehead atoms. The number of hydrogen-bond acceptors (Lipinski definition) is 3. The van der Waals surface area contributed by atoms with Crippen molar-refractivity contribution < 1.29 is 9.53 Å². The van der Waals surface area contributed by atoms with Crippen molar-refractivity contribution in [3.63, 3.8) is 0 Å². The molecule has 0 aromatic carbocycles. The molecule has 1 aliphatic rings. The minimum Gasteiger partial charge on any atom is -0.447 e. The molecule has 1 amide bonds. The van der Waals surface area contributed by atoms with Gasteiger partial charge in [-0.1, -0.05) is 0 Å². The summed E-state index contributed by atoms with van der Waals surface area (Å²) in [6, 6.07) is 0. The van der Waals surface area contributed by atoms with Gasteiger partial charge >= 0.3 is 6.09 Å². The van der Waals surface area contributed by atoms with Gasteiger partial charge in [0.2, 0.25) is 5.91 Å². The molecule has 10 heavy (non-hydrogen) atoms. The van der Waals surface area contributed by atoms with Gasteiger partial charge in [-0.05, 0) is 22.5 Å². The normalized spacial score (nSPS) is 19.4. The highest BCUT2D eigenvalue weighted by Crippen LogP contribution is 2.61. The van der Waals surface area contributed by atoms with E-state index in [1.54, 1.807) is 0 Å². The molecule has 1 fully saturated rings. The summed E-state index contributed by atoms with van der Waals surface area (Å²) in [5.41, 5.74) is 0. The first-order valence-corrected chi connectivity index (χ1v) is 6.05. The molecule has 0 aliphatic carbocycles. The summed E-state index contributed by atoms with van der Waals surface area (Å²) in [6.45, 7) is 0.599. The van der Waals surface area contributed by atoms with E-state index in [-0.39, 0.29) is 6.61 Å². The molecule has 0 spiro atoms. The van der Waals surface area contributed by atoms with E-state index < -0.39 is 12.0 Å². The van der Waals surface area contributed by atoms with Gasteiger partial charge in [0.15, 0.2) is 0 Å². The lowest BCUT2D eigenvalue weighted by atomic mass is 10.7. The second kappa shape index (κ2) is 2.61. The summed E-state index contributed by atoms with van der Waals surface area (Å²) in [4.78, 5) is 10.7. The highest BCUT2D eigenvalue weighted by atomic mass is 35.9. The van der Waals surface area contributed by atoms with Crippen LogP contribution in [0.4, 0.5) is 4.79 Å².